The van der Waals surface area contributed by atoms with Crippen LogP contribution in [0.1, 0.15) is 33.6 Å². The quantitative estimate of drug-likeness (QED) is 0.562. The van der Waals surface area contributed by atoms with Crippen LogP contribution in [0, 0.1) is 5.92 Å². The van der Waals surface area contributed by atoms with Crippen molar-refractivity contribution < 1.29 is 4.79 Å². The van der Waals surface area contributed by atoms with Crippen molar-refractivity contribution in [2.75, 3.05) is 40.8 Å². The van der Waals surface area contributed by atoms with Crippen LogP contribution in [0.25, 0.3) is 0 Å². The second-order valence-electron chi connectivity index (χ2n) is 5.48. The van der Waals surface area contributed by atoms with Gasteiger partial charge in [0, 0.05) is 34.2 Å². The molecule has 19 heavy (non-hydrogen) atoms. The normalized spacial score (nSPS) is 11.6. The number of carbonyl (C=O) groups is 1. The van der Waals surface area contributed by atoms with Gasteiger partial charge in [0.25, 0.3) is 0 Å². The number of hydrogen-bond donors (Lipinski definition) is 1. The van der Waals surface area contributed by atoms with Gasteiger partial charge in [-0.15, -0.1) is 0 Å². The average Bonchev–Trinajstić information content (AvgIpc) is 2.35. The Labute approximate surface area is 118 Å². The first-order valence-corrected chi connectivity index (χ1v) is 7.08. The maximum absolute atomic E-state index is 11.6. The van der Waals surface area contributed by atoms with Gasteiger partial charge in [-0.2, -0.15) is 0 Å². The van der Waals surface area contributed by atoms with Gasteiger partial charge in [0.2, 0.25) is 5.91 Å². The van der Waals surface area contributed by atoms with Crippen LogP contribution >= 0.6 is 0 Å². The molecule has 5 heteroatoms. The van der Waals surface area contributed by atoms with Crippen molar-refractivity contribution in [3.05, 3.63) is 0 Å². The Morgan fingerprint density at radius 1 is 1.26 bits per heavy atom. The van der Waals surface area contributed by atoms with Crippen LogP contribution in [0.4, 0.5) is 0 Å². The highest BCUT2D eigenvalue weighted by Crippen LogP contribution is 1.95. The van der Waals surface area contributed by atoms with E-state index in [9.17, 15) is 4.79 Å². The number of rotatable bonds is 7. The molecule has 5 nitrogen and oxygen atoms in total. The second kappa shape index (κ2) is 9.64. The fourth-order valence-electron chi connectivity index (χ4n) is 1.39. The lowest BCUT2D eigenvalue weighted by atomic mass is 10.2. The van der Waals surface area contributed by atoms with E-state index < -0.39 is 0 Å². The molecular formula is C14H30N4O. The van der Waals surface area contributed by atoms with E-state index in [-0.39, 0.29) is 12.5 Å². The summed E-state index contributed by atoms with van der Waals surface area (Å²) in [5.41, 5.74) is 0. The van der Waals surface area contributed by atoms with Crippen LogP contribution in [0.3, 0.4) is 0 Å². The number of unbranched alkanes of at least 4 members (excludes halogenated alkanes) is 1. The maximum Gasteiger partial charge on any atom is 0.243 e. The molecule has 112 valence electrons. The Kier molecular flexibility index (Phi) is 9.00. The highest BCUT2D eigenvalue weighted by molar-refractivity contribution is 5.84. The fraction of sp³-hybridized carbons (Fsp3) is 0.857. The molecule has 0 atom stereocenters. The average molecular weight is 270 g/mol. The summed E-state index contributed by atoms with van der Waals surface area (Å²) in [6.45, 7) is 8.50. The zero-order valence-electron chi connectivity index (χ0n) is 13.4. The van der Waals surface area contributed by atoms with Crippen molar-refractivity contribution in [1.82, 2.24) is 15.1 Å². The van der Waals surface area contributed by atoms with Crippen LogP contribution in [-0.4, -0.2) is 62.4 Å². The molecular weight excluding hydrogens is 240 g/mol. The number of carbonyl (C=O) groups excluding carboxylic acids is 1. The zero-order valence-corrected chi connectivity index (χ0v) is 13.4. The smallest absolute Gasteiger partial charge is 0.243 e. The number of amides is 1. The van der Waals surface area contributed by atoms with Gasteiger partial charge in [-0.05, 0) is 12.3 Å². The number of nitrogens with one attached hydrogen (secondary N) is 1. The number of aliphatic imine (C=N–C) groups is 1. The maximum atomic E-state index is 11.6. The molecule has 0 aliphatic rings. The van der Waals surface area contributed by atoms with Gasteiger partial charge in [-0.25, -0.2) is 4.99 Å². The van der Waals surface area contributed by atoms with E-state index in [2.05, 4.69) is 36.0 Å². The highest BCUT2D eigenvalue weighted by Gasteiger charge is 2.08. The van der Waals surface area contributed by atoms with Gasteiger partial charge in [0.15, 0.2) is 5.96 Å². The summed E-state index contributed by atoms with van der Waals surface area (Å²) >= 11 is 0. The minimum atomic E-state index is 0.0211. The highest BCUT2D eigenvalue weighted by atomic mass is 16.2. The van der Waals surface area contributed by atoms with Crippen molar-refractivity contribution in [3.8, 4) is 0 Å². The Hall–Kier alpha value is -1.26. The largest absolute Gasteiger partial charge is 0.356 e. The van der Waals surface area contributed by atoms with Gasteiger partial charge >= 0.3 is 0 Å². The summed E-state index contributed by atoms with van der Waals surface area (Å²) in [5.74, 6) is 1.39. The molecule has 1 amide bonds. The molecule has 0 aliphatic heterocycles. The Morgan fingerprint density at radius 2 is 1.89 bits per heavy atom. The van der Waals surface area contributed by atoms with Crippen LogP contribution in [0.5, 0.6) is 0 Å². The van der Waals surface area contributed by atoms with Gasteiger partial charge < -0.3 is 15.1 Å². The van der Waals surface area contributed by atoms with Gasteiger partial charge in [-0.3, -0.25) is 4.79 Å². The molecule has 0 aromatic heterocycles. The first-order chi connectivity index (χ1) is 8.88. The minimum Gasteiger partial charge on any atom is -0.356 e. The topological polar surface area (TPSA) is 47.9 Å². The molecule has 0 aliphatic carbocycles. The van der Waals surface area contributed by atoms with Crippen molar-refractivity contribution in [1.29, 1.82) is 0 Å². The number of guanidine groups is 1. The Bertz CT molecular complexity index is 287. The molecule has 0 fully saturated rings. The molecule has 0 spiro atoms. The predicted molar refractivity (Wildman–Crippen MR) is 81.4 cm³/mol. The van der Waals surface area contributed by atoms with Gasteiger partial charge in [0.05, 0.1) is 0 Å². The summed E-state index contributed by atoms with van der Waals surface area (Å²) in [5, 5.41) is 3.33. The lowest BCUT2D eigenvalue weighted by Crippen LogP contribution is -2.41. The third kappa shape index (κ3) is 8.46. The Morgan fingerprint density at radius 3 is 2.37 bits per heavy atom. The Balaban J connectivity index is 4.54. The molecule has 0 unspecified atom stereocenters. The first-order valence-electron chi connectivity index (χ1n) is 7.08. The lowest BCUT2D eigenvalue weighted by Gasteiger charge is -2.23. The predicted octanol–water partition coefficient (Wildman–Crippen LogP) is 1.41. The minimum absolute atomic E-state index is 0.0211. The van der Waals surface area contributed by atoms with Crippen LogP contribution in [-0.2, 0) is 4.79 Å². The van der Waals surface area contributed by atoms with E-state index in [1.165, 1.54) is 0 Å². The van der Waals surface area contributed by atoms with Crippen LogP contribution in [0.15, 0.2) is 4.99 Å². The molecule has 0 bridgehead atoms. The van der Waals surface area contributed by atoms with Crippen LogP contribution in [0.2, 0.25) is 0 Å². The van der Waals surface area contributed by atoms with Crippen LogP contribution < -0.4 is 5.32 Å². The molecule has 0 aromatic carbocycles. The van der Waals surface area contributed by atoms with Crippen molar-refractivity contribution in [3.63, 3.8) is 0 Å². The van der Waals surface area contributed by atoms with Crippen molar-refractivity contribution in [2.45, 2.75) is 33.6 Å². The summed E-state index contributed by atoms with van der Waals surface area (Å²) in [6, 6.07) is 0. The summed E-state index contributed by atoms with van der Waals surface area (Å²) in [6.07, 6.45) is 2.28. The van der Waals surface area contributed by atoms with Crippen molar-refractivity contribution in [2.24, 2.45) is 10.9 Å². The van der Waals surface area contributed by atoms with E-state index in [0.29, 0.717) is 5.92 Å². The molecule has 0 heterocycles. The second-order valence-corrected chi connectivity index (χ2v) is 5.48. The monoisotopic (exact) mass is 270 g/mol. The molecule has 0 saturated heterocycles. The lowest BCUT2D eigenvalue weighted by molar-refractivity contribution is -0.127. The molecule has 1 N–H and O–H groups in total. The summed E-state index contributed by atoms with van der Waals surface area (Å²) in [7, 11) is 5.52. The van der Waals surface area contributed by atoms with E-state index in [1.54, 1.807) is 19.0 Å². The molecule has 0 radical (unpaired) electrons. The third-order valence-corrected chi connectivity index (χ3v) is 2.74. The van der Waals surface area contributed by atoms with E-state index in [4.69, 9.17) is 0 Å². The zero-order chi connectivity index (χ0) is 14.8. The van der Waals surface area contributed by atoms with Gasteiger partial charge in [0.1, 0.15) is 6.54 Å². The molecule has 0 saturated carbocycles. The van der Waals surface area contributed by atoms with E-state index in [0.717, 1.165) is 31.9 Å². The van der Waals surface area contributed by atoms with E-state index in [1.807, 2.05) is 7.05 Å². The first kappa shape index (κ1) is 17.7. The SMILES string of the molecule is CCCCN(C)C(=NCC(=O)N(C)C)NCC(C)C. The summed E-state index contributed by atoms with van der Waals surface area (Å²) in [4.78, 5) is 19.7. The van der Waals surface area contributed by atoms with Gasteiger partial charge in [-0.1, -0.05) is 27.2 Å². The van der Waals surface area contributed by atoms with E-state index >= 15 is 0 Å². The standard InChI is InChI=1S/C14H30N4O/c1-7-8-9-18(6)14(15-10-12(2)3)16-11-13(19)17(4)5/h12H,7-11H2,1-6H3,(H,15,16). The molecule has 0 rings (SSSR count). The number of likely N-dealkylation sites (N-methyl/N-ethyl adjacent to an activating group) is 1. The number of nitrogens with zero attached hydrogens (tertiary/aromatic N) is 3. The third-order valence-electron chi connectivity index (χ3n) is 2.74. The summed E-state index contributed by atoms with van der Waals surface area (Å²) < 4.78 is 0. The number of hydrogen-bond acceptors (Lipinski definition) is 2. The van der Waals surface area contributed by atoms with Crippen molar-refractivity contribution >= 4 is 11.9 Å². The molecule has 0 aromatic rings. The fourth-order valence-corrected chi connectivity index (χ4v) is 1.39.